The van der Waals surface area contributed by atoms with Crippen molar-refractivity contribution in [2.24, 2.45) is 5.92 Å². The molecule has 110 valence electrons. The van der Waals surface area contributed by atoms with Crippen LogP contribution < -0.4 is 0 Å². The maximum absolute atomic E-state index is 12.5. The molecule has 1 fully saturated rings. The van der Waals surface area contributed by atoms with Gasteiger partial charge in [0.2, 0.25) is 5.91 Å². The molecule has 2 unspecified atom stereocenters. The first kappa shape index (κ1) is 15.4. The largest absolute Gasteiger partial charge is 0.406 e. The first-order valence-electron chi connectivity index (χ1n) is 6.39. The first-order chi connectivity index (χ1) is 9.42. The van der Waals surface area contributed by atoms with Crippen LogP contribution in [0, 0.1) is 5.92 Å². The van der Waals surface area contributed by atoms with Crippen molar-refractivity contribution < 1.29 is 18.0 Å². The zero-order valence-corrected chi connectivity index (χ0v) is 12.3. The SMILES string of the molecule is O=C(C1CC1c1ccccc1)N(CCBr)CC(F)(F)F. The first-order valence-corrected chi connectivity index (χ1v) is 7.51. The average molecular weight is 350 g/mol. The number of carbonyl (C=O) groups excluding carboxylic acids is 1. The summed E-state index contributed by atoms with van der Waals surface area (Å²) in [5, 5.41) is 0.345. The predicted octanol–water partition coefficient (Wildman–Crippen LogP) is 3.58. The summed E-state index contributed by atoms with van der Waals surface area (Å²) in [5.41, 5.74) is 1.02. The van der Waals surface area contributed by atoms with Crippen LogP contribution in [0.3, 0.4) is 0 Å². The van der Waals surface area contributed by atoms with Gasteiger partial charge in [0.15, 0.2) is 0 Å². The Hall–Kier alpha value is -1.04. The second-order valence-corrected chi connectivity index (χ2v) is 5.72. The predicted molar refractivity (Wildman–Crippen MR) is 73.7 cm³/mol. The van der Waals surface area contributed by atoms with E-state index in [1.807, 2.05) is 30.3 Å². The number of nitrogens with zero attached hydrogens (tertiary/aromatic N) is 1. The molecule has 1 aliphatic carbocycles. The lowest BCUT2D eigenvalue weighted by molar-refractivity contribution is -0.161. The van der Waals surface area contributed by atoms with Gasteiger partial charge in [0.1, 0.15) is 6.54 Å². The third kappa shape index (κ3) is 3.98. The number of benzene rings is 1. The molecule has 2 atom stereocenters. The molecule has 0 heterocycles. The maximum atomic E-state index is 12.5. The molecular weight excluding hydrogens is 335 g/mol. The Morgan fingerprint density at radius 2 is 1.95 bits per heavy atom. The van der Waals surface area contributed by atoms with Crippen molar-refractivity contribution in [1.82, 2.24) is 4.90 Å². The van der Waals surface area contributed by atoms with Crippen LogP contribution in [-0.2, 0) is 4.79 Å². The van der Waals surface area contributed by atoms with Crippen molar-refractivity contribution in [1.29, 1.82) is 0 Å². The van der Waals surface area contributed by atoms with E-state index in [2.05, 4.69) is 15.9 Å². The van der Waals surface area contributed by atoms with Crippen LogP contribution in [0.4, 0.5) is 13.2 Å². The van der Waals surface area contributed by atoms with Crippen molar-refractivity contribution in [3.63, 3.8) is 0 Å². The molecule has 1 saturated carbocycles. The van der Waals surface area contributed by atoms with E-state index in [9.17, 15) is 18.0 Å². The molecule has 0 aromatic heterocycles. The van der Waals surface area contributed by atoms with Gasteiger partial charge in [-0.1, -0.05) is 46.3 Å². The van der Waals surface area contributed by atoms with E-state index in [4.69, 9.17) is 0 Å². The highest BCUT2D eigenvalue weighted by Gasteiger charge is 2.47. The van der Waals surface area contributed by atoms with Crippen molar-refractivity contribution >= 4 is 21.8 Å². The second kappa shape index (κ2) is 6.16. The van der Waals surface area contributed by atoms with Crippen LogP contribution in [0.2, 0.25) is 0 Å². The van der Waals surface area contributed by atoms with Crippen LogP contribution >= 0.6 is 15.9 Å². The summed E-state index contributed by atoms with van der Waals surface area (Å²) in [6.45, 7) is -1.09. The van der Waals surface area contributed by atoms with Gasteiger partial charge in [0.05, 0.1) is 0 Å². The molecule has 0 aliphatic heterocycles. The molecule has 1 amide bonds. The number of halogens is 4. The molecule has 0 radical (unpaired) electrons. The Balaban J connectivity index is 2.00. The van der Waals surface area contributed by atoms with Gasteiger partial charge >= 0.3 is 6.18 Å². The lowest BCUT2D eigenvalue weighted by Gasteiger charge is -2.23. The summed E-state index contributed by atoms with van der Waals surface area (Å²) in [6, 6.07) is 9.46. The fourth-order valence-corrected chi connectivity index (χ4v) is 2.78. The van der Waals surface area contributed by atoms with E-state index >= 15 is 0 Å². The molecule has 0 saturated heterocycles. The van der Waals surface area contributed by atoms with E-state index in [1.165, 1.54) is 0 Å². The zero-order valence-electron chi connectivity index (χ0n) is 10.7. The minimum Gasteiger partial charge on any atom is -0.332 e. The van der Waals surface area contributed by atoms with Gasteiger partial charge in [-0.05, 0) is 17.9 Å². The summed E-state index contributed by atoms with van der Waals surface area (Å²) in [6.07, 6.45) is -3.71. The number of hydrogen-bond acceptors (Lipinski definition) is 1. The van der Waals surface area contributed by atoms with Crippen molar-refractivity contribution in [3.8, 4) is 0 Å². The molecule has 2 nitrogen and oxygen atoms in total. The van der Waals surface area contributed by atoms with Crippen molar-refractivity contribution in [3.05, 3.63) is 35.9 Å². The molecular formula is C14H15BrF3NO. The fourth-order valence-electron chi connectivity index (χ4n) is 2.36. The highest BCUT2D eigenvalue weighted by atomic mass is 79.9. The Morgan fingerprint density at radius 3 is 2.50 bits per heavy atom. The lowest BCUT2D eigenvalue weighted by atomic mass is 10.1. The molecule has 0 spiro atoms. The second-order valence-electron chi connectivity index (χ2n) is 4.92. The summed E-state index contributed by atoms with van der Waals surface area (Å²) in [7, 11) is 0. The summed E-state index contributed by atoms with van der Waals surface area (Å²) < 4.78 is 37.5. The maximum Gasteiger partial charge on any atom is 0.406 e. The van der Waals surface area contributed by atoms with Crippen LogP contribution in [0.25, 0.3) is 0 Å². The van der Waals surface area contributed by atoms with Gasteiger partial charge in [-0.3, -0.25) is 4.79 Å². The minimum atomic E-state index is -4.35. The van der Waals surface area contributed by atoms with Crippen LogP contribution in [0.15, 0.2) is 30.3 Å². The van der Waals surface area contributed by atoms with Gasteiger partial charge in [0, 0.05) is 17.8 Å². The molecule has 2 rings (SSSR count). The minimum absolute atomic E-state index is 0.0646. The summed E-state index contributed by atoms with van der Waals surface area (Å²) >= 11 is 3.09. The summed E-state index contributed by atoms with van der Waals surface area (Å²) in [5.74, 6) is -0.635. The summed E-state index contributed by atoms with van der Waals surface area (Å²) in [4.78, 5) is 13.1. The molecule has 0 N–H and O–H groups in total. The van der Waals surface area contributed by atoms with E-state index in [0.717, 1.165) is 10.5 Å². The molecule has 1 aromatic carbocycles. The highest BCUT2D eigenvalue weighted by Crippen LogP contribution is 2.48. The molecule has 1 aliphatic rings. The van der Waals surface area contributed by atoms with Crippen LogP contribution in [0.5, 0.6) is 0 Å². The van der Waals surface area contributed by atoms with E-state index in [0.29, 0.717) is 11.8 Å². The number of amides is 1. The monoisotopic (exact) mass is 349 g/mol. The van der Waals surface area contributed by atoms with E-state index < -0.39 is 18.6 Å². The Labute approximate surface area is 124 Å². The Bertz CT molecular complexity index is 463. The fraction of sp³-hybridized carbons (Fsp3) is 0.500. The third-order valence-electron chi connectivity index (χ3n) is 3.37. The average Bonchev–Trinajstić information content (AvgIpc) is 3.17. The molecule has 1 aromatic rings. The molecule has 20 heavy (non-hydrogen) atoms. The van der Waals surface area contributed by atoms with Gasteiger partial charge in [-0.15, -0.1) is 0 Å². The normalized spacial score (nSPS) is 21.6. The van der Waals surface area contributed by atoms with Crippen molar-refractivity contribution in [2.75, 3.05) is 18.4 Å². The lowest BCUT2D eigenvalue weighted by Crippen LogP contribution is -2.41. The van der Waals surface area contributed by atoms with Gasteiger partial charge < -0.3 is 4.90 Å². The number of alkyl halides is 4. The smallest absolute Gasteiger partial charge is 0.332 e. The quantitative estimate of drug-likeness (QED) is 0.744. The Morgan fingerprint density at radius 1 is 1.30 bits per heavy atom. The molecule has 6 heteroatoms. The number of hydrogen-bond donors (Lipinski definition) is 0. The molecule has 0 bridgehead atoms. The number of carbonyl (C=O) groups is 1. The third-order valence-corrected chi connectivity index (χ3v) is 3.73. The van der Waals surface area contributed by atoms with Crippen molar-refractivity contribution in [2.45, 2.75) is 18.5 Å². The topological polar surface area (TPSA) is 20.3 Å². The van der Waals surface area contributed by atoms with Gasteiger partial charge in [-0.2, -0.15) is 13.2 Å². The van der Waals surface area contributed by atoms with Gasteiger partial charge in [0.25, 0.3) is 0 Å². The van der Waals surface area contributed by atoms with Crippen LogP contribution in [0.1, 0.15) is 17.9 Å². The zero-order chi connectivity index (χ0) is 14.8. The highest BCUT2D eigenvalue weighted by molar-refractivity contribution is 9.09. The van der Waals surface area contributed by atoms with Crippen LogP contribution in [-0.4, -0.2) is 35.4 Å². The number of rotatable bonds is 5. The van der Waals surface area contributed by atoms with Gasteiger partial charge in [-0.25, -0.2) is 0 Å². The standard InChI is InChI=1S/C14H15BrF3NO/c15-6-7-19(9-14(16,17)18)13(20)12-8-11(12)10-4-2-1-3-5-10/h1-5,11-12H,6-9H2. The Kier molecular flexibility index (Phi) is 4.73. The van der Waals surface area contributed by atoms with E-state index in [1.54, 1.807) is 0 Å². The van der Waals surface area contributed by atoms with E-state index in [-0.39, 0.29) is 18.4 Å².